The maximum absolute atomic E-state index is 5.22. The minimum Gasteiger partial charge on any atom is -0.228 e. The van der Waals surface area contributed by atoms with Gasteiger partial charge in [-0.1, -0.05) is 146 Å². The summed E-state index contributed by atoms with van der Waals surface area (Å²) in [7, 11) is 0. The van der Waals surface area contributed by atoms with Gasteiger partial charge in [-0.3, -0.25) is 0 Å². The lowest BCUT2D eigenvalue weighted by Crippen LogP contribution is -1.96. The van der Waals surface area contributed by atoms with Crippen molar-refractivity contribution in [2.24, 2.45) is 0 Å². The van der Waals surface area contributed by atoms with Gasteiger partial charge in [-0.15, -0.1) is 11.3 Å². The Hall–Kier alpha value is -6.16. The van der Waals surface area contributed by atoms with Crippen molar-refractivity contribution in [1.29, 1.82) is 0 Å². The van der Waals surface area contributed by atoms with Crippen LogP contribution in [0.25, 0.3) is 87.5 Å². The fourth-order valence-electron chi connectivity index (χ4n) is 6.65. The zero-order valence-electron chi connectivity index (χ0n) is 26.6. The second-order valence-corrected chi connectivity index (χ2v) is 13.3. The highest BCUT2D eigenvalue weighted by molar-refractivity contribution is 7.26. The molecule has 49 heavy (non-hydrogen) atoms. The zero-order chi connectivity index (χ0) is 32.6. The van der Waals surface area contributed by atoms with Crippen molar-refractivity contribution in [3.05, 3.63) is 182 Å². The average Bonchev–Trinajstić information content (AvgIpc) is 3.58. The van der Waals surface area contributed by atoms with Crippen LogP contribution in [0, 0.1) is 0 Å². The number of hydrogen-bond acceptors (Lipinski definition) is 3. The molecule has 3 heteroatoms. The van der Waals surface area contributed by atoms with E-state index in [0.29, 0.717) is 5.82 Å². The molecule has 7 aromatic carbocycles. The number of rotatable bonds is 6. The van der Waals surface area contributed by atoms with Gasteiger partial charge in [-0.05, 0) is 69.8 Å². The summed E-state index contributed by atoms with van der Waals surface area (Å²) in [6, 6.07) is 64.5. The Morgan fingerprint density at radius 2 is 0.837 bits per heavy atom. The highest BCUT2D eigenvalue weighted by Crippen LogP contribution is 2.42. The van der Waals surface area contributed by atoms with E-state index in [1.165, 1.54) is 36.9 Å². The third-order valence-corrected chi connectivity index (χ3v) is 10.3. The van der Waals surface area contributed by atoms with Crippen LogP contribution in [0.15, 0.2) is 182 Å². The third kappa shape index (κ3) is 5.61. The number of hydrogen-bond donors (Lipinski definition) is 0. The van der Waals surface area contributed by atoms with Crippen molar-refractivity contribution >= 4 is 31.5 Å². The van der Waals surface area contributed by atoms with Crippen LogP contribution in [-0.4, -0.2) is 9.97 Å². The third-order valence-electron chi connectivity index (χ3n) is 9.07. The number of aromatic nitrogens is 2. The summed E-state index contributed by atoms with van der Waals surface area (Å²) >= 11 is 1.86. The average molecular weight is 643 g/mol. The molecule has 0 aliphatic heterocycles. The number of nitrogens with zero attached hydrogens (tertiary/aromatic N) is 2. The van der Waals surface area contributed by atoms with Crippen molar-refractivity contribution in [2.75, 3.05) is 0 Å². The molecule has 0 bridgehead atoms. The molecule has 0 amide bonds. The predicted molar refractivity (Wildman–Crippen MR) is 208 cm³/mol. The summed E-state index contributed by atoms with van der Waals surface area (Å²) in [6.45, 7) is 0. The Bertz CT molecular complexity index is 2530. The highest BCUT2D eigenvalue weighted by atomic mass is 32.1. The van der Waals surface area contributed by atoms with E-state index in [1.807, 2.05) is 35.6 Å². The van der Waals surface area contributed by atoms with E-state index in [1.54, 1.807) is 0 Å². The minimum absolute atomic E-state index is 0.710. The second kappa shape index (κ2) is 12.5. The van der Waals surface area contributed by atoms with Gasteiger partial charge < -0.3 is 0 Å². The van der Waals surface area contributed by atoms with Crippen molar-refractivity contribution in [3.63, 3.8) is 0 Å². The molecule has 0 N–H and O–H groups in total. The lowest BCUT2D eigenvalue weighted by atomic mass is 9.92. The lowest BCUT2D eigenvalue weighted by molar-refractivity contribution is 1.18. The summed E-state index contributed by atoms with van der Waals surface area (Å²) in [5.41, 5.74) is 12.0. The first-order valence-corrected chi connectivity index (χ1v) is 17.3. The summed E-state index contributed by atoms with van der Waals surface area (Å²) in [4.78, 5) is 10.3. The fraction of sp³-hybridized carbons (Fsp3) is 0. The minimum atomic E-state index is 0.710. The van der Waals surface area contributed by atoms with Gasteiger partial charge in [0.25, 0.3) is 0 Å². The second-order valence-electron chi connectivity index (χ2n) is 12.2. The van der Waals surface area contributed by atoms with Gasteiger partial charge in [0.2, 0.25) is 0 Å². The summed E-state index contributed by atoms with van der Waals surface area (Å²) in [5.74, 6) is 0.710. The number of thiophene rings is 1. The van der Waals surface area contributed by atoms with Crippen LogP contribution in [0.3, 0.4) is 0 Å². The van der Waals surface area contributed by atoms with Crippen molar-refractivity contribution < 1.29 is 0 Å². The molecule has 0 fully saturated rings. The van der Waals surface area contributed by atoms with Gasteiger partial charge in [0.05, 0.1) is 11.4 Å². The highest BCUT2D eigenvalue weighted by Gasteiger charge is 2.16. The molecule has 2 heterocycles. The van der Waals surface area contributed by atoms with Gasteiger partial charge in [-0.2, -0.15) is 0 Å². The summed E-state index contributed by atoms with van der Waals surface area (Å²) in [5, 5.41) is 2.59. The molecule has 9 rings (SSSR count). The van der Waals surface area contributed by atoms with Gasteiger partial charge in [0.1, 0.15) is 0 Å². The zero-order valence-corrected chi connectivity index (χ0v) is 27.4. The largest absolute Gasteiger partial charge is 0.228 e. The number of fused-ring (bicyclic) bond motifs is 3. The van der Waals surface area contributed by atoms with Gasteiger partial charge >= 0.3 is 0 Å². The molecule has 0 saturated carbocycles. The van der Waals surface area contributed by atoms with Crippen molar-refractivity contribution in [2.45, 2.75) is 0 Å². The molecule has 0 spiro atoms. The smallest absolute Gasteiger partial charge is 0.160 e. The Kier molecular flexibility index (Phi) is 7.38. The Labute approximate surface area is 289 Å². The van der Waals surface area contributed by atoms with E-state index in [4.69, 9.17) is 9.97 Å². The maximum atomic E-state index is 5.22. The monoisotopic (exact) mass is 642 g/mol. The van der Waals surface area contributed by atoms with Crippen LogP contribution >= 0.6 is 11.3 Å². The maximum Gasteiger partial charge on any atom is 0.160 e. The van der Waals surface area contributed by atoms with Crippen LogP contribution < -0.4 is 0 Å². The van der Waals surface area contributed by atoms with Crippen LogP contribution in [0.4, 0.5) is 0 Å². The van der Waals surface area contributed by atoms with E-state index in [9.17, 15) is 0 Å². The molecule has 0 atom stereocenters. The van der Waals surface area contributed by atoms with Crippen molar-refractivity contribution in [3.8, 4) is 67.3 Å². The Balaban J connectivity index is 1.29. The summed E-state index contributed by atoms with van der Waals surface area (Å²) in [6.07, 6.45) is 0. The molecule has 230 valence electrons. The van der Waals surface area contributed by atoms with Gasteiger partial charge in [0.15, 0.2) is 5.82 Å². The van der Waals surface area contributed by atoms with Crippen LogP contribution in [0.2, 0.25) is 0 Å². The summed E-state index contributed by atoms with van der Waals surface area (Å²) < 4.78 is 2.59. The van der Waals surface area contributed by atoms with E-state index < -0.39 is 0 Å². The molecule has 0 aliphatic carbocycles. The molecule has 2 aromatic heterocycles. The van der Waals surface area contributed by atoms with E-state index in [-0.39, 0.29) is 0 Å². The molecular formula is C46H30N2S. The Morgan fingerprint density at radius 3 is 1.59 bits per heavy atom. The van der Waals surface area contributed by atoms with Crippen LogP contribution in [0.1, 0.15) is 0 Å². The van der Waals surface area contributed by atoms with E-state index in [2.05, 4.69) is 158 Å². The quantitative estimate of drug-likeness (QED) is 0.180. The molecule has 0 aliphatic rings. The van der Waals surface area contributed by atoms with Crippen LogP contribution in [0.5, 0.6) is 0 Å². The molecule has 0 saturated heterocycles. The van der Waals surface area contributed by atoms with E-state index >= 15 is 0 Å². The normalized spacial score (nSPS) is 11.3. The molecule has 0 unspecified atom stereocenters. The molecule has 2 nitrogen and oxygen atoms in total. The molecular weight excluding hydrogens is 613 g/mol. The van der Waals surface area contributed by atoms with Gasteiger partial charge in [0, 0.05) is 36.9 Å². The topological polar surface area (TPSA) is 25.8 Å². The molecule has 0 radical (unpaired) electrons. The SMILES string of the molecule is c1ccc(-c2cccc(-c3cc(-c4cc(-c5ccccc5)nc(-c5ccccc5)n4)cc(-c4cccc5c4sc4ccccc45)c3)c2)cc1. The first-order valence-electron chi connectivity index (χ1n) is 16.5. The lowest BCUT2D eigenvalue weighted by Gasteiger charge is -2.14. The fourth-order valence-corrected chi connectivity index (χ4v) is 7.89. The van der Waals surface area contributed by atoms with Gasteiger partial charge in [-0.25, -0.2) is 9.97 Å². The molecule has 9 aromatic rings. The predicted octanol–water partition coefficient (Wildman–Crippen LogP) is 12.8. The first kappa shape index (κ1) is 29.0. The Morgan fingerprint density at radius 1 is 0.327 bits per heavy atom. The first-order chi connectivity index (χ1) is 24.3. The van der Waals surface area contributed by atoms with Crippen LogP contribution in [-0.2, 0) is 0 Å². The van der Waals surface area contributed by atoms with Crippen molar-refractivity contribution in [1.82, 2.24) is 9.97 Å². The standard InChI is InChI=1S/C46H30N2S/c1-4-14-31(15-5-1)34-20-12-21-35(26-34)36-27-37(39-23-13-24-41-40-22-10-11-25-44(40)49-45(39)41)29-38(28-36)43-30-42(32-16-6-2-7-17-32)47-46(48-43)33-18-8-3-9-19-33/h1-30H. The van der Waals surface area contributed by atoms with E-state index in [0.717, 1.165) is 44.8 Å². The number of benzene rings is 7.